The summed E-state index contributed by atoms with van der Waals surface area (Å²) in [7, 11) is 0. The molecule has 4 aromatic carbocycles. The van der Waals surface area contributed by atoms with Gasteiger partial charge in [0, 0.05) is 38.0 Å². The number of nitrogens with one attached hydrogen (secondary N) is 4. The van der Waals surface area contributed by atoms with Crippen molar-refractivity contribution in [1.29, 1.82) is 0 Å². The molecule has 0 saturated carbocycles. The topological polar surface area (TPSA) is 377 Å². The van der Waals surface area contributed by atoms with Crippen LogP contribution in [0.15, 0.2) is 121 Å². The number of alkyl halides is 6. The molecule has 0 saturated heterocycles. The van der Waals surface area contributed by atoms with E-state index in [-0.39, 0.29) is 158 Å². The van der Waals surface area contributed by atoms with Gasteiger partial charge >= 0.3 is 12.4 Å². The van der Waals surface area contributed by atoms with Crippen molar-refractivity contribution in [3.63, 3.8) is 0 Å². The van der Waals surface area contributed by atoms with Crippen LogP contribution in [0.4, 0.5) is 26.3 Å². The second-order valence-corrected chi connectivity index (χ2v) is 27.5. The molecule has 0 radical (unpaired) electrons. The Balaban J connectivity index is 1.47. The highest BCUT2D eigenvalue weighted by atomic mass is 19.4. The first kappa shape index (κ1) is 107. The summed E-state index contributed by atoms with van der Waals surface area (Å²) >= 11 is 0. The summed E-state index contributed by atoms with van der Waals surface area (Å²) in [5, 5.41) is 10.2. The summed E-state index contributed by atoms with van der Waals surface area (Å²) in [6.07, 6.45) is -16.8. The molecule has 6 N–H and O–H groups in total. The molecule has 0 bridgehead atoms. The average Bonchev–Trinajstić information content (AvgIpc) is 0.817. The smallest absolute Gasteiger partial charge is 0.377 e. The van der Waals surface area contributed by atoms with Crippen LogP contribution in [0.3, 0.4) is 0 Å². The third-order valence-electron chi connectivity index (χ3n) is 17.2. The number of Topliss-reactive ketones (excluding diaryl/α,β-unsaturated/α-hetero) is 1. The van der Waals surface area contributed by atoms with E-state index in [9.17, 15) is 64.7 Å². The number of carbonyl (C=O) groups excluding carboxylic acids is 8. The summed E-state index contributed by atoms with van der Waals surface area (Å²) in [5.74, 6) is -8.30. The Hall–Kier alpha value is -8.30. The number of hydrogen-bond acceptors (Lipinski definition) is 26. The summed E-state index contributed by atoms with van der Waals surface area (Å²) in [5.41, 5.74) is 6.55. The number of ketones is 1. The van der Waals surface area contributed by atoms with Gasteiger partial charge in [0.05, 0.1) is 237 Å². The molecule has 4 aromatic rings. The maximum atomic E-state index is 14.7. The van der Waals surface area contributed by atoms with Crippen LogP contribution in [-0.4, -0.2) is 344 Å². The summed E-state index contributed by atoms with van der Waals surface area (Å²) < 4.78 is 180. The number of carbonyl (C=O) groups is 8. The van der Waals surface area contributed by atoms with Gasteiger partial charge in [0.25, 0.3) is 0 Å². The van der Waals surface area contributed by atoms with Gasteiger partial charge in [-0.1, -0.05) is 121 Å². The van der Waals surface area contributed by atoms with Gasteiger partial charge in [0.1, 0.15) is 51.7 Å². The van der Waals surface area contributed by atoms with Crippen molar-refractivity contribution in [2.45, 2.75) is 64.5 Å². The van der Waals surface area contributed by atoms with Crippen molar-refractivity contribution in [1.82, 2.24) is 36.0 Å². The molecule has 33 nitrogen and oxygen atoms in total. The van der Waals surface area contributed by atoms with Crippen LogP contribution in [0.5, 0.6) is 0 Å². The fourth-order valence-electron chi connectivity index (χ4n) is 11.1. The van der Waals surface area contributed by atoms with E-state index in [0.717, 1.165) is 22.3 Å². The van der Waals surface area contributed by atoms with Gasteiger partial charge < -0.3 is 122 Å². The van der Waals surface area contributed by atoms with E-state index in [0.29, 0.717) is 94.0 Å². The van der Waals surface area contributed by atoms with Gasteiger partial charge in [0.15, 0.2) is 0 Å². The van der Waals surface area contributed by atoms with Gasteiger partial charge in [-0.25, -0.2) is 0 Å². The molecule has 692 valence electrons. The monoisotopic (exact) mass is 1760 g/mol. The Labute approximate surface area is 715 Å². The molecule has 0 atom stereocenters. The van der Waals surface area contributed by atoms with E-state index in [1.165, 1.54) is 0 Å². The first-order chi connectivity index (χ1) is 59.6. The first-order valence-corrected chi connectivity index (χ1v) is 40.8. The van der Waals surface area contributed by atoms with Crippen molar-refractivity contribution >= 4 is 47.1 Å². The maximum absolute atomic E-state index is 14.7. The molecule has 0 unspecified atom stereocenters. The number of hydrogen-bond donors (Lipinski definition) is 5. The normalized spacial score (nSPS) is 11.7. The molecule has 4 rings (SSSR count). The van der Waals surface area contributed by atoms with Crippen LogP contribution < -0.4 is 27.0 Å². The number of rotatable bonds is 78. The van der Waals surface area contributed by atoms with E-state index in [1.54, 1.807) is 0 Å². The van der Waals surface area contributed by atoms with E-state index in [4.69, 9.17) is 86.3 Å². The Kier molecular flexibility index (Phi) is 60.0. The van der Waals surface area contributed by atoms with Crippen LogP contribution in [0.1, 0.15) is 47.9 Å². The fraction of sp³-hybridized carbons (Fsp3) is 0.619. The second-order valence-electron chi connectivity index (χ2n) is 27.5. The molecular weight excluding hydrogens is 1630 g/mol. The molecule has 0 heterocycles. The largest absolute Gasteiger partial charge is 0.389 e. The number of nitrogens with two attached hydrogens (primary N) is 1. The molecule has 123 heavy (non-hydrogen) atoms. The lowest BCUT2D eigenvalue weighted by Crippen LogP contribution is -2.54. The van der Waals surface area contributed by atoms with Crippen molar-refractivity contribution in [3.8, 4) is 0 Å². The highest BCUT2D eigenvalue weighted by molar-refractivity contribution is 5.95. The minimum atomic E-state index is -5.29. The lowest BCUT2D eigenvalue weighted by Gasteiger charge is -2.35. The predicted molar refractivity (Wildman–Crippen MR) is 434 cm³/mol. The number of ether oxygens (including phenoxy) is 17. The molecule has 0 aliphatic carbocycles. The zero-order valence-corrected chi connectivity index (χ0v) is 70.1. The standard InChI is InChI=1S/C84H124F6N8O25/c85-83(86,87)67-82(68-84(88,89)90,22-21-74(99)55-91)69-123-66-81(106)98(60-79(104)96(56-75(100)92-23-27-107-31-35-111-39-43-115-47-51-119-62-70-13-5-1-6-14-70)57-76(101)93-24-28-108-32-36-112-40-44-116-48-52-120-63-71-15-7-2-8-16-71)61-80(105)97(58-77(102)94-25-29-109-33-37-113-41-45-117-49-53-121-64-72-17-9-3-10-18-72)59-78(103)95-26-30-110-34-38-114-42-46-118-50-54-122-65-73-19-11-4-12-20-73/h1-20H,21-69,91H2,(H,92,100)(H,93,101)(H,94,102)(H,95,103). The third-order valence-corrected chi connectivity index (χ3v) is 17.2. The molecule has 0 aliphatic rings. The Morgan fingerprint density at radius 1 is 0.285 bits per heavy atom. The lowest BCUT2D eigenvalue weighted by molar-refractivity contribution is -0.207. The van der Waals surface area contributed by atoms with Gasteiger partial charge in [-0.05, 0) is 28.7 Å². The first-order valence-electron chi connectivity index (χ1n) is 40.8. The van der Waals surface area contributed by atoms with Crippen LogP contribution in [0.25, 0.3) is 0 Å². The van der Waals surface area contributed by atoms with Crippen molar-refractivity contribution < 1.29 is 145 Å². The quantitative estimate of drug-likeness (QED) is 0.0305. The summed E-state index contributed by atoms with van der Waals surface area (Å²) in [4.78, 5) is 113. The second kappa shape index (κ2) is 69.0. The number of nitrogens with zero attached hydrogens (tertiary/aromatic N) is 3. The minimum absolute atomic E-state index is 0.0712. The molecule has 0 aliphatic heterocycles. The van der Waals surface area contributed by atoms with E-state index in [1.807, 2.05) is 121 Å². The highest BCUT2D eigenvalue weighted by Crippen LogP contribution is 2.45. The number of benzene rings is 4. The van der Waals surface area contributed by atoms with Gasteiger partial charge in [0.2, 0.25) is 41.4 Å². The third kappa shape index (κ3) is 59.3. The van der Waals surface area contributed by atoms with Crippen molar-refractivity contribution in [2.75, 3.05) is 270 Å². The fourth-order valence-corrected chi connectivity index (χ4v) is 11.1. The van der Waals surface area contributed by atoms with Crippen molar-refractivity contribution in [2.24, 2.45) is 11.1 Å². The van der Waals surface area contributed by atoms with E-state index < -0.39 is 150 Å². The zero-order valence-electron chi connectivity index (χ0n) is 70.1. The molecule has 7 amide bonds. The van der Waals surface area contributed by atoms with Gasteiger partial charge in [-0.3, -0.25) is 38.4 Å². The molecule has 0 fully saturated rings. The predicted octanol–water partition coefficient (Wildman–Crippen LogP) is 4.22. The maximum Gasteiger partial charge on any atom is 0.389 e. The Morgan fingerprint density at radius 3 is 0.732 bits per heavy atom. The van der Waals surface area contributed by atoms with Gasteiger partial charge in [-0.15, -0.1) is 0 Å². The highest BCUT2D eigenvalue weighted by Gasteiger charge is 2.49. The summed E-state index contributed by atoms with van der Waals surface area (Å²) in [6.45, 7) is -2.99. The lowest BCUT2D eigenvalue weighted by atomic mass is 9.76. The van der Waals surface area contributed by atoms with Crippen LogP contribution in [0.2, 0.25) is 0 Å². The van der Waals surface area contributed by atoms with Crippen LogP contribution >= 0.6 is 0 Å². The molecule has 39 heteroatoms. The number of amides is 7. The molecule has 0 aromatic heterocycles. The Bertz CT molecular complexity index is 3060. The number of halogens is 6. The van der Waals surface area contributed by atoms with Crippen LogP contribution in [-0.2, 0) is 145 Å². The van der Waals surface area contributed by atoms with Gasteiger partial charge in [-0.2, -0.15) is 26.3 Å². The molecular formula is C84H124F6N8O25. The zero-order chi connectivity index (χ0) is 88.8. The molecule has 0 spiro atoms. The van der Waals surface area contributed by atoms with E-state index in [2.05, 4.69) is 21.3 Å². The average molecular weight is 1760 g/mol. The SMILES string of the molecule is NCC(=O)CCC(COCC(=O)N(CC(=O)N(CC(=O)NCCOCCOCCOCCOCc1ccccc1)CC(=O)NCCOCCOCCOCCOCc1ccccc1)CC(=O)N(CC(=O)NCCOCCOCCOCCOCc1ccccc1)CC(=O)NCCOCCOCCOCCOCc1ccccc1)(CC(F)(F)F)CC(F)(F)F. The van der Waals surface area contributed by atoms with Crippen LogP contribution in [0, 0.1) is 5.41 Å². The minimum Gasteiger partial charge on any atom is -0.377 e. The summed E-state index contributed by atoms with van der Waals surface area (Å²) in [6, 6.07) is 38.5. The Morgan fingerprint density at radius 2 is 0.504 bits per heavy atom. The van der Waals surface area contributed by atoms with E-state index >= 15 is 0 Å². The van der Waals surface area contributed by atoms with Crippen molar-refractivity contribution in [3.05, 3.63) is 144 Å².